The molecule has 1 aliphatic heterocycles. The summed E-state index contributed by atoms with van der Waals surface area (Å²) in [6, 6.07) is 6.34. The number of hydrogen-bond acceptors (Lipinski definition) is 3. The van der Waals surface area contributed by atoms with Crippen LogP contribution in [0.25, 0.3) is 0 Å². The van der Waals surface area contributed by atoms with Crippen molar-refractivity contribution in [1.29, 1.82) is 0 Å². The zero-order valence-corrected chi connectivity index (χ0v) is 10.2. The van der Waals surface area contributed by atoms with Crippen LogP contribution in [0.2, 0.25) is 0 Å². The van der Waals surface area contributed by atoms with E-state index < -0.39 is 0 Å². The van der Waals surface area contributed by atoms with Gasteiger partial charge in [0.15, 0.2) is 11.5 Å². The monoisotopic (exact) mass is 233 g/mol. The Labute approximate surface area is 102 Å². The van der Waals surface area contributed by atoms with E-state index in [9.17, 15) is 0 Å². The molecule has 17 heavy (non-hydrogen) atoms. The van der Waals surface area contributed by atoms with Gasteiger partial charge in [0, 0.05) is 23.4 Å². The molecule has 2 N–H and O–H groups in total. The molecule has 1 aromatic carbocycles. The second kappa shape index (κ2) is 3.91. The van der Waals surface area contributed by atoms with E-state index in [-0.39, 0.29) is 11.5 Å². The maximum absolute atomic E-state index is 6.14. The molecular formula is C14H19NO2. The molecular weight excluding hydrogens is 214 g/mol. The Bertz CT molecular complexity index is 424. The molecule has 3 nitrogen and oxygen atoms in total. The molecule has 1 aliphatic carbocycles. The number of para-hydroxylation sites is 1. The van der Waals surface area contributed by atoms with Crippen molar-refractivity contribution >= 4 is 0 Å². The maximum atomic E-state index is 6.14. The van der Waals surface area contributed by atoms with Gasteiger partial charge >= 0.3 is 0 Å². The third-order valence-electron chi connectivity index (χ3n) is 3.97. The molecule has 0 saturated heterocycles. The van der Waals surface area contributed by atoms with Crippen molar-refractivity contribution in [1.82, 2.24) is 0 Å². The highest BCUT2D eigenvalue weighted by Gasteiger charge is 2.49. The third kappa shape index (κ3) is 1.69. The van der Waals surface area contributed by atoms with Crippen LogP contribution in [0.4, 0.5) is 0 Å². The largest absolute Gasteiger partial charge is 0.490 e. The SMILES string of the molecule is CC(N)C1(c2cccc3c2OCCCO3)CC1. The summed E-state index contributed by atoms with van der Waals surface area (Å²) in [4.78, 5) is 0. The molecule has 1 fully saturated rings. The van der Waals surface area contributed by atoms with E-state index in [4.69, 9.17) is 15.2 Å². The van der Waals surface area contributed by atoms with Gasteiger partial charge in [-0.3, -0.25) is 0 Å². The van der Waals surface area contributed by atoms with E-state index in [2.05, 4.69) is 13.0 Å². The Kier molecular flexibility index (Phi) is 2.51. The molecule has 3 heteroatoms. The molecule has 0 spiro atoms. The van der Waals surface area contributed by atoms with Crippen molar-refractivity contribution in [2.45, 2.75) is 37.6 Å². The molecule has 1 heterocycles. The summed E-state index contributed by atoms with van der Waals surface area (Å²) in [5, 5.41) is 0. The Balaban J connectivity index is 2.06. The van der Waals surface area contributed by atoms with Crippen molar-refractivity contribution in [2.24, 2.45) is 5.73 Å². The molecule has 2 aliphatic rings. The van der Waals surface area contributed by atoms with Gasteiger partial charge in [0.25, 0.3) is 0 Å². The first kappa shape index (κ1) is 10.9. The van der Waals surface area contributed by atoms with Crippen LogP contribution in [0.5, 0.6) is 11.5 Å². The quantitative estimate of drug-likeness (QED) is 0.852. The topological polar surface area (TPSA) is 44.5 Å². The van der Waals surface area contributed by atoms with Crippen LogP contribution in [0.3, 0.4) is 0 Å². The predicted molar refractivity (Wildman–Crippen MR) is 66.6 cm³/mol. The predicted octanol–water partition coefficient (Wildman–Crippen LogP) is 2.23. The van der Waals surface area contributed by atoms with Crippen LogP contribution in [0.15, 0.2) is 18.2 Å². The maximum Gasteiger partial charge on any atom is 0.164 e. The highest BCUT2D eigenvalue weighted by molar-refractivity contribution is 5.53. The van der Waals surface area contributed by atoms with Crippen molar-refractivity contribution < 1.29 is 9.47 Å². The van der Waals surface area contributed by atoms with E-state index in [1.54, 1.807) is 0 Å². The molecule has 1 aromatic rings. The zero-order valence-electron chi connectivity index (χ0n) is 10.2. The molecule has 3 rings (SSSR count). The lowest BCUT2D eigenvalue weighted by molar-refractivity contribution is 0.295. The molecule has 1 unspecified atom stereocenters. The average molecular weight is 233 g/mol. The van der Waals surface area contributed by atoms with Gasteiger partial charge in [0.2, 0.25) is 0 Å². The smallest absolute Gasteiger partial charge is 0.164 e. The minimum atomic E-state index is 0.124. The number of nitrogens with two attached hydrogens (primary N) is 1. The molecule has 0 radical (unpaired) electrons. The second-order valence-electron chi connectivity index (χ2n) is 5.13. The van der Waals surface area contributed by atoms with E-state index in [1.807, 2.05) is 12.1 Å². The van der Waals surface area contributed by atoms with Crippen LogP contribution >= 0.6 is 0 Å². The van der Waals surface area contributed by atoms with Crippen molar-refractivity contribution in [3.05, 3.63) is 23.8 Å². The fourth-order valence-corrected chi connectivity index (χ4v) is 2.69. The Morgan fingerprint density at radius 3 is 2.71 bits per heavy atom. The van der Waals surface area contributed by atoms with Crippen LogP contribution < -0.4 is 15.2 Å². The second-order valence-corrected chi connectivity index (χ2v) is 5.13. The molecule has 92 valence electrons. The van der Waals surface area contributed by atoms with Gasteiger partial charge in [-0.15, -0.1) is 0 Å². The summed E-state index contributed by atoms with van der Waals surface area (Å²) in [7, 11) is 0. The van der Waals surface area contributed by atoms with Gasteiger partial charge in [-0.05, 0) is 25.8 Å². The normalized spacial score (nSPS) is 22.7. The number of ether oxygens (including phenoxy) is 2. The molecule has 0 bridgehead atoms. The minimum absolute atomic E-state index is 0.124. The van der Waals surface area contributed by atoms with Crippen LogP contribution in [0.1, 0.15) is 31.7 Å². The molecule has 0 aromatic heterocycles. The lowest BCUT2D eigenvalue weighted by atomic mass is 9.88. The van der Waals surface area contributed by atoms with E-state index >= 15 is 0 Å². The van der Waals surface area contributed by atoms with E-state index in [0.717, 1.165) is 44.0 Å². The number of rotatable bonds is 2. The molecule has 0 amide bonds. The first-order valence-electron chi connectivity index (χ1n) is 6.39. The summed E-state index contributed by atoms with van der Waals surface area (Å²) in [5.74, 6) is 1.81. The van der Waals surface area contributed by atoms with Crippen molar-refractivity contribution in [2.75, 3.05) is 13.2 Å². The van der Waals surface area contributed by atoms with Gasteiger partial charge in [-0.1, -0.05) is 12.1 Å². The fraction of sp³-hybridized carbons (Fsp3) is 0.571. The third-order valence-corrected chi connectivity index (χ3v) is 3.97. The van der Waals surface area contributed by atoms with Gasteiger partial charge in [-0.2, -0.15) is 0 Å². The fourth-order valence-electron chi connectivity index (χ4n) is 2.69. The van der Waals surface area contributed by atoms with Gasteiger partial charge in [0.1, 0.15) is 0 Å². The van der Waals surface area contributed by atoms with Gasteiger partial charge in [0.05, 0.1) is 13.2 Å². The van der Waals surface area contributed by atoms with E-state index in [0.29, 0.717) is 0 Å². The standard InChI is InChI=1S/C14H19NO2/c1-10(15)14(6-7-14)11-4-2-5-12-13(11)17-9-3-8-16-12/h2,4-5,10H,3,6-9,15H2,1H3. The first-order valence-corrected chi connectivity index (χ1v) is 6.39. The summed E-state index contributed by atoms with van der Waals surface area (Å²) < 4.78 is 11.6. The highest BCUT2D eigenvalue weighted by atomic mass is 16.5. The summed E-state index contributed by atoms with van der Waals surface area (Å²) in [6.07, 6.45) is 3.26. The van der Waals surface area contributed by atoms with Crippen LogP contribution in [0, 0.1) is 0 Å². The summed E-state index contributed by atoms with van der Waals surface area (Å²) >= 11 is 0. The zero-order chi connectivity index (χ0) is 11.9. The Hall–Kier alpha value is -1.22. The first-order chi connectivity index (χ1) is 8.24. The highest BCUT2D eigenvalue weighted by Crippen LogP contribution is 2.55. The van der Waals surface area contributed by atoms with Crippen molar-refractivity contribution in [3.63, 3.8) is 0 Å². The average Bonchev–Trinajstić information content (AvgIpc) is 3.13. The lowest BCUT2D eigenvalue weighted by Crippen LogP contribution is -2.32. The van der Waals surface area contributed by atoms with E-state index in [1.165, 1.54) is 5.56 Å². The minimum Gasteiger partial charge on any atom is -0.490 e. The molecule has 1 atom stereocenters. The van der Waals surface area contributed by atoms with Crippen LogP contribution in [-0.4, -0.2) is 19.3 Å². The lowest BCUT2D eigenvalue weighted by Gasteiger charge is -2.23. The number of benzene rings is 1. The number of hydrogen-bond donors (Lipinski definition) is 1. The summed E-state index contributed by atoms with van der Waals surface area (Å²) in [6.45, 7) is 3.56. The Morgan fingerprint density at radius 1 is 1.24 bits per heavy atom. The Morgan fingerprint density at radius 2 is 2.00 bits per heavy atom. The van der Waals surface area contributed by atoms with Crippen molar-refractivity contribution in [3.8, 4) is 11.5 Å². The molecule has 1 saturated carbocycles. The van der Waals surface area contributed by atoms with Crippen LogP contribution in [-0.2, 0) is 5.41 Å². The van der Waals surface area contributed by atoms with Gasteiger partial charge < -0.3 is 15.2 Å². The number of fused-ring (bicyclic) bond motifs is 1. The van der Waals surface area contributed by atoms with Gasteiger partial charge in [-0.25, -0.2) is 0 Å². The summed E-state index contributed by atoms with van der Waals surface area (Å²) in [5.41, 5.74) is 7.51.